The van der Waals surface area contributed by atoms with Gasteiger partial charge in [0.2, 0.25) is 0 Å². The number of carbonyl (C=O) groups excluding carboxylic acids is 3. The van der Waals surface area contributed by atoms with Crippen LogP contribution in [0.3, 0.4) is 0 Å². The first kappa shape index (κ1) is 28.7. The van der Waals surface area contributed by atoms with Crippen LogP contribution >= 0.6 is 11.3 Å². The van der Waals surface area contributed by atoms with E-state index in [0.29, 0.717) is 16.3 Å². The van der Waals surface area contributed by atoms with Crippen molar-refractivity contribution in [2.45, 2.75) is 78.4 Å². The Morgan fingerprint density at radius 2 is 1.90 bits per heavy atom. The Bertz CT molecular complexity index is 1350. The number of ketones is 1. The van der Waals surface area contributed by atoms with Gasteiger partial charge in [-0.05, 0) is 35.6 Å². The molecule has 3 aromatic rings. The number of Topliss-reactive ketones (excluding diaryl/α,β-unsaturated/α-hetero) is 1. The van der Waals surface area contributed by atoms with E-state index in [9.17, 15) is 14.4 Å². The summed E-state index contributed by atoms with van der Waals surface area (Å²) in [6, 6.07) is 6.46. The molecule has 1 saturated heterocycles. The van der Waals surface area contributed by atoms with Crippen LogP contribution in [0, 0.1) is 10.8 Å². The number of carbonyl (C=O) groups is 3. The minimum Gasteiger partial charge on any atom is -0.496 e. The lowest BCUT2D eigenvalue weighted by Gasteiger charge is -2.42. The standard InChI is InChI=1S/C30H38N4O4S/c1-27(2,3)21-11-10-20(16-22(21)38-8)25(36)34-23(24-31-13-15-39-24)29(7,19-35)17-30(34,26(37)28(4,5)6)18-33-14-9-12-32-33/h9-16,19,23H,17-18H2,1-8H3. The van der Waals surface area contributed by atoms with Gasteiger partial charge in [-0.2, -0.15) is 5.10 Å². The van der Waals surface area contributed by atoms with Gasteiger partial charge in [0, 0.05) is 34.9 Å². The lowest BCUT2D eigenvalue weighted by molar-refractivity contribution is -0.138. The van der Waals surface area contributed by atoms with Gasteiger partial charge in [-0.3, -0.25) is 14.3 Å². The van der Waals surface area contributed by atoms with Crippen LogP contribution in [-0.2, 0) is 21.5 Å². The van der Waals surface area contributed by atoms with E-state index in [1.807, 2.05) is 39.1 Å². The highest BCUT2D eigenvalue weighted by Gasteiger charge is 2.65. The van der Waals surface area contributed by atoms with Gasteiger partial charge in [0.05, 0.1) is 25.1 Å². The molecule has 0 saturated carbocycles. The largest absolute Gasteiger partial charge is 0.496 e. The van der Waals surface area contributed by atoms with Crippen molar-refractivity contribution < 1.29 is 19.1 Å². The number of benzene rings is 1. The van der Waals surface area contributed by atoms with Crippen LogP contribution in [0.5, 0.6) is 5.75 Å². The van der Waals surface area contributed by atoms with E-state index in [4.69, 9.17) is 4.74 Å². The molecule has 9 heteroatoms. The van der Waals surface area contributed by atoms with Crippen LogP contribution in [0.15, 0.2) is 48.2 Å². The summed E-state index contributed by atoms with van der Waals surface area (Å²) >= 11 is 1.37. The number of ether oxygens (including phenoxy) is 1. The second-order valence-corrected chi connectivity index (χ2v) is 13.7. The summed E-state index contributed by atoms with van der Waals surface area (Å²) in [6.45, 7) is 13.7. The zero-order valence-corrected chi connectivity index (χ0v) is 24.8. The molecule has 2 aromatic heterocycles. The van der Waals surface area contributed by atoms with Crippen molar-refractivity contribution in [2.24, 2.45) is 10.8 Å². The first-order chi connectivity index (χ1) is 18.2. The highest BCUT2D eigenvalue weighted by molar-refractivity contribution is 7.09. The summed E-state index contributed by atoms with van der Waals surface area (Å²) in [4.78, 5) is 48.2. The van der Waals surface area contributed by atoms with Crippen LogP contribution in [0.25, 0.3) is 0 Å². The Morgan fingerprint density at radius 1 is 1.18 bits per heavy atom. The summed E-state index contributed by atoms with van der Waals surface area (Å²) < 4.78 is 7.38. The minimum absolute atomic E-state index is 0.115. The lowest BCUT2D eigenvalue weighted by Crippen LogP contribution is -2.59. The van der Waals surface area contributed by atoms with Crippen molar-refractivity contribution in [2.75, 3.05) is 7.11 Å². The van der Waals surface area contributed by atoms with E-state index >= 15 is 0 Å². The minimum atomic E-state index is -1.36. The third-order valence-electron chi connectivity index (χ3n) is 7.53. The number of rotatable bonds is 7. The van der Waals surface area contributed by atoms with Crippen LogP contribution < -0.4 is 4.74 Å². The van der Waals surface area contributed by atoms with E-state index in [-0.39, 0.29) is 30.1 Å². The van der Waals surface area contributed by atoms with Gasteiger partial charge >= 0.3 is 0 Å². The smallest absolute Gasteiger partial charge is 0.255 e. The monoisotopic (exact) mass is 550 g/mol. The van der Waals surface area contributed by atoms with E-state index < -0.39 is 22.4 Å². The van der Waals surface area contributed by atoms with E-state index in [1.54, 1.807) is 53.5 Å². The molecule has 3 heterocycles. The third kappa shape index (κ3) is 5.04. The molecule has 0 radical (unpaired) electrons. The molecule has 3 unspecified atom stereocenters. The van der Waals surface area contributed by atoms with Crippen LogP contribution in [0.1, 0.15) is 81.9 Å². The molecule has 0 aliphatic carbocycles. The number of nitrogens with zero attached hydrogens (tertiary/aromatic N) is 4. The molecule has 1 aliphatic heterocycles. The summed E-state index contributed by atoms with van der Waals surface area (Å²) in [5, 5.41) is 6.82. The highest BCUT2D eigenvalue weighted by Crippen LogP contribution is 2.56. The summed E-state index contributed by atoms with van der Waals surface area (Å²) in [7, 11) is 1.58. The fourth-order valence-corrected chi connectivity index (χ4v) is 6.76. The average Bonchev–Trinajstić information content (AvgIpc) is 3.62. The Kier molecular flexibility index (Phi) is 7.36. The maximum absolute atomic E-state index is 14.7. The molecule has 0 bridgehead atoms. The lowest BCUT2D eigenvalue weighted by atomic mass is 9.72. The van der Waals surface area contributed by atoms with Gasteiger partial charge in [-0.25, -0.2) is 4.98 Å². The van der Waals surface area contributed by atoms with Gasteiger partial charge < -0.3 is 14.4 Å². The van der Waals surface area contributed by atoms with Crippen molar-refractivity contribution >= 4 is 29.3 Å². The molecule has 0 N–H and O–H groups in total. The van der Waals surface area contributed by atoms with Crippen molar-refractivity contribution in [3.05, 3.63) is 64.4 Å². The molecule has 39 heavy (non-hydrogen) atoms. The fraction of sp³-hybridized carbons (Fsp3) is 0.500. The van der Waals surface area contributed by atoms with Gasteiger partial charge in [0.15, 0.2) is 5.78 Å². The maximum atomic E-state index is 14.7. The number of thiazole rings is 1. The first-order valence-electron chi connectivity index (χ1n) is 13.1. The van der Waals surface area contributed by atoms with Crippen molar-refractivity contribution in [3.63, 3.8) is 0 Å². The van der Waals surface area contributed by atoms with Gasteiger partial charge in [0.25, 0.3) is 5.91 Å². The van der Waals surface area contributed by atoms with Crippen molar-refractivity contribution in [1.29, 1.82) is 0 Å². The van der Waals surface area contributed by atoms with Crippen molar-refractivity contribution in [3.8, 4) is 5.75 Å². The topological polar surface area (TPSA) is 94.4 Å². The summed E-state index contributed by atoms with van der Waals surface area (Å²) in [6.07, 6.45) is 6.10. The Balaban J connectivity index is 2.00. The zero-order valence-electron chi connectivity index (χ0n) is 24.0. The average molecular weight is 551 g/mol. The second-order valence-electron chi connectivity index (χ2n) is 12.7. The van der Waals surface area contributed by atoms with E-state index in [0.717, 1.165) is 11.8 Å². The Labute approximate surface area is 234 Å². The van der Waals surface area contributed by atoms with Gasteiger partial charge in [0.1, 0.15) is 22.6 Å². The zero-order chi connectivity index (χ0) is 28.8. The highest BCUT2D eigenvalue weighted by atomic mass is 32.1. The molecule has 3 atom stereocenters. The number of methoxy groups -OCH3 is 1. The maximum Gasteiger partial charge on any atom is 0.255 e. The van der Waals surface area contributed by atoms with E-state index in [1.165, 1.54) is 11.3 Å². The number of aldehydes is 1. The third-order valence-corrected chi connectivity index (χ3v) is 8.36. The number of hydrogen-bond acceptors (Lipinski definition) is 7. The SMILES string of the molecule is COc1cc(C(=O)N2C(c3nccs3)C(C)(C=O)CC2(Cn2cccn2)C(=O)C(C)(C)C)ccc1C(C)(C)C. The van der Waals surface area contributed by atoms with Gasteiger partial charge in [-0.1, -0.05) is 54.5 Å². The number of amides is 1. The molecule has 8 nitrogen and oxygen atoms in total. The molecule has 1 amide bonds. The molecular formula is C30H38N4O4S. The van der Waals surface area contributed by atoms with Crippen LogP contribution in [0.2, 0.25) is 0 Å². The number of hydrogen-bond donors (Lipinski definition) is 0. The molecule has 1 aliphatic rings. The molecule has 208 valence electrons. The summed E-state index contributed by atoms with van der Waals surface area (Å²) in [5.41, 5.74) is -2.08. The first-order valence-corrected chi connectivity index (χ1v) is 14.0. The van der Waals surface area contributed by atoms with Crippen LogP contribution in [0.4, 0.5) is 0 Å². The molecule has 1 aromatic carbocycles. The normalized spacial score (nSPS) is 23.6. The predicted octanol–water partition coefficient (Wildman–Crippen LogP) is 5.49. The van der Waals surface area contributed by atoms with E-state index in [2.05, 4.69) is 30.9 Å². The summed E-state index contributed by atoms with van der Waals surface area (Å²) in [5.74, 6) is 0.102. The Morgan fingerprint density at radius 3 is 2.41 bits per heavy atom. The second kappa shape index (κ2) is 10.0. The Hall–Kier alpha value is -3.33. The number of aromatic nitrogens is 3. The van der Waals surface area contributed by atoms with Crippen LogP contribution in [-0.4, -0.2) is 50.3 Å². The fourth-order valence-electron chi connectivity index (χ4n) is 5.87. The molecule has 0 spiro atoms. The van der Waals surface area contributed by atoms with Gasteiger partial charge in [-0.15, -0.1) is 11.3 Å². The number of likely N-dealkylation sites (tertiary alicyclic amines) is 1. The van der Waals surface area contributed by atoms with Crippen molar-refractivity contribution in [1.82, 2.24) is 19.7 Å². The molecule has 1 fully saturated rings. The molecule has 4 rings (SSSR count). The quantitative estimate of drug-likeness (QED) is 0.361. The molecular weight excluding hydrogens is 512 g/mol. The predicted molar refractivity (Wildman–Crippen MR) is 151 cm³/mol.